The molecule has 6 nitrogen and oxygen atoms in total. The van der Waals surface area contributed by atoms with Gasteiger partial charge in [-0.15, -0.1) is 0 Å². The lowest BCUT2D eigenvalue weighted by Crippen LogP contribution is -2.34. The van der Waals surface area contributed by atoms with Crippen LogP contribution in [0.3, 0.4) is 0 Å². The van der Waals surface area contributed by atoms with E-state index in [1.54, 1.807) is 11.0 Å². The Labute approximate surface area is 153 Å². The van der Waals surface area contributed by atoms with E-state index in [2.05, 4.69) is 5.32 Å². The summed E-state index contributed by atoms with van der Waals surface area (Å²) in [5.41, 5.74) is 0.400. The molecule has 1 aliphatic heterocycles. The van der Waals surface area contributed by atoms with Crippen LogP contribution in [-0.4, -0.2) is 27.4 Å². The van der Waals surface area contributed by atoms with Gasteiger partial charge >= 0.3 is 6.18 Å². The highest BCUT2D eigenvalue weighted by Gasteiger charge is 2.36. The van der Waals surface area contributed by atoms with E-state index in [0.29, 0.717) is 19.0 Å². The van der Waals surface area contributed by atoms with Crippen molar-refractivity contribution in [2.24, 2.45) is 5.14 Å². The van der Waals surface area contributed by atoms with E-state index < -0.39 is 26.7 Å². The Morgan fingerprint density at radius 3 is 2.56 bits per heavy atom. The number of nitrogens with two attached hydrogens (primary N) is 1. The molecule has 0 radical (unpaired) electrons. The number of para-hydroxylation sites is 1. The van der Waals surface area contributed by atoms with Crippen LogP contribution in [0, 0.1) is 0 Å². The van der Waals surface area contributed by atoms with Crippen molar-refractivity contribution in [2.75, 3.05) is 23.3 Å². The maximum Gasteiger partial charge on any atom is 0.417 e. The standard InChI is InChI=1S/C17H16F3N3O3S/c18-17(19,20)13-9-12(5-6-15(13)27(21,25)26)22-10-16(24)23-8-7-11-3-1-2-4-14(11)23/h1-6,9,22H,7-8,10H2,(H2,21,25,26). The number of alkyl halides is 3. The number of carbonyl (C=O) groups excluding carboxylic acids is 1. The zero-order valence-corrected chi connectivity index (χ0v) is 14.8. The number of rotatable bonds is 4. The summed E-state index contributed by atoms with van der Waals surface area (Å²) in [6.45, 7) is 0.262. The Morgan fingerprint density at radius 1 is 1.19 bits per heavy atom. The van der Waals surface area contributed by atoms with Crippen molar-refractivity contribution in [3.8, 4) is 0 Å². The fourth-order valence-corrected chi connectivity index (χ4v) is 3.72. The van der Waals surface area contributed by atoms with Crippen LogP contribution in [0.2, 0.25) is 0 Å². The second-order valence-electron chi connectivity index (χ2n) is 6.03. The second-order valence-corrected chi connectivity index (χ2v) is 7.56. The number of fused-ring (bicyclic) bond motifs is 1. The fourth-order valence-electron chi connectivity index (χ4n) is 2.98. The Kier molecular flexibility index (Phi) is 4.87. The van der Waals surface area contributed by atoms with Crippen molar-refractivity contribution in [2.45, 2.75) is 17.5 Å². The van der Waals surface area contributed by atoms with E-state index in [1.807, 2.05) is 18.2 Å². The van der Waals surface area contributed by atoms with Crippen molar-refractivity contribution >= 4 is 27.3 Å². The molecule has 0 atom stereocenters. The summed E-state index contributed by atoms with van der Waals surface area (Å²) in [5.74, 6) is -0.302. The molecule has 10 heteroatoms. The highest BCUT2D eigenvalue weighted by atomic mass is 32.2. The van der Waals surface area contributed by atoms with Gasteiger partial charge in [-0.25, -0.2) is 13.6 Å². The number of benzene rings is 2. The normalized spacial score (nSPS) is 14.1. The summed E-state index contributed by atoms with van der Waals surface area (Å²) in [4.78, 5) is 13.0. The quantitative estimate of drug-likeness (QED) is 0.826. The number of hydrogen-bond donors (Lipinski definition) is 2. The molecule has 0 spiro atoms. The Hall–Kier alpha value is -2.59. The number of nitrogens with one attached hydrogen (secondary N) is 1. The Balaban J connectivity index is 1.78. The van der Waals surface area contributed by atoms with Gasteiger partial charge in [0.25, 0.3) is 0 Å². The van der Waals surface area contributed by atoms with E-state index in [9.17, 15) is 26.4 Å². The van der Waals surface area contributed by atoms with Gasteiger partial charge in [-0.3, -0.25) is 4.79 Å². The van der Waals surface area contributed by atoms with Crippen molar-refractivity contribution in [1.29, 1.82) is 0 Å². The van der Waals surface area contributed by atoms with Crippen molar-refractivity contribution in [3.05, 3.63) is 53.6 Å². The first kappa shape index (κ1) is 19.2. The minimum absolute atomic E-state index is 0.0319. The summed E-state index contributed by atoms with van der Waals surface area (Å²) in [6.07, 6.45) is -4.19. The molecule has 1 aliphatic rings. The zero-order chi connectivity index (χ0) is 19.8. The van der Waals surface area contributed by atoms with E-state index in [4.69, 9.17) is 5.14 Å². The first-order valence-corrected chi connectivity index (χ1v) is 9.48. The van der Waals surface area contributed by atoms with E-state index >= 15 is 0 Å². The van der Waals surface area contributed by atoms with Crippen LogP contribution in [-0.2, 0) is 27.4 Å². The number of sulfonamides is 1. The molecule has 2 aromatic carbocycles. The lowest BCUT2D eigenvalue weighted by molar-refractivity contribution is -0.139. The average molecular weight is 399 g/mol. The van der Waals surface area contributed by atoms with Crippen LogP contribution in [0.4, 0.5) is 24.5 Å². The maximum atomic E-state index is 13.1. The lowest BCUT2D eigenvalue weighted by atomic mass is 10.2. The van der Waals surface area contributed by atoms with E-state index in [-0.39, 0.29) is 18.1 Å². The molecule has 1 heterocycles. The molecule has 27 heavy (non-hydrogen) atoms. The van der Waals surface area contributed by atoms with Crippen LogP contribution in [0.5, 0.6) is 0 Å². The van der Waals surface area contributed by atoms with Gasteiger partial charge in [-0.1, -0.05) is 18.2 Å². The SMILES string of the molecule is NS(=O)(=O)c1ccc(NCC(=O)N2CCc3ccccc32)cc1C(F)(F)F. The monoisotopic (exact) mass is 399 g/mol. The van der Waals surface area contributed by atoms with Crippen molar-refractivity contribution in [1.82, 2.24) is 0 Å². The zero-order valence-electron chi connectivity index (χ0n) is 14.0. The van der Waals surface area contributed by atoms with Gasteiger partial charge in [0.1, 0.15) is 0 Å². The van der Waals surface area contributed by atoms with Crippen LogP contribution >= 0.6 is 0 Å². The van der Waals surface area contributed by atoms with Crippen LogP contribution < -0.4 is 15.4 Å². The summed E-state index contributed by atoms with van der Waals surface area (Å²) >= 11 is 0. The third kappa shape index (κ3) is 4.06. The summed E-state index contributed by atoms with van der Waals surface area (Å²) in [6, 6.07) is 9.94. The number of hydrogen-bond acceptors (Lipinski definition) is 4. The predicted octanol–water partition coefficient (Wildman–Crippen LogP) is 2.35. The maximum absolute atomic E-state index is 13.1. The van der Waals surface area contributed by atoms with Crippen LogP contribution in [0.15, 0.2) is 47.4 Å². The molecular weight excluding hydrogens is 383 g/mol. The molecule has 0 saturated heterocycles. The fraction of sp³-hybridized carbons (Fsp3) is 0.235. The molecule has 0 aromatic heterocycles. The second kappa shape index (κ2) is 6.86. The average Bonchev–Trinajstić information content (AvgIpc) is 3.02. The van der Waals surface area contributed by atoms with Crippen LogP contribution in [0.25, 0.3) is 0 Å². The lowest BCUT2D eigenvalue weighted by Gasteiger charge is -2.19. The number of primary sulfonamides is 1. The van der Waals surface area contributed by atoms with Crippen molar-refractivity contribution in [3.63, 3.8) is 0 Å². The minimum Gasteiger partial charge on any atom is -0.376 e. The van der Waals surface area contributed by atoms with Crippen molar-refractivity contribution < 1.29 is 26.4 Å². The molecule has 0 fully saturated rings. The first-order valence-electron chi connectivity index (χ1n) is 7.93. The highest BCUT2D eigenvalue weighted by Crippen LogP contribution is 2.35. The molecule has 0 saturated carbocycles. The minimum atomic E-state index is -4.91. The van der Waals surface area contributed by atoms with Crippen LogP contribution in [0.1, 0.15) is 11.1 Å². The summed E-state index contributed by atoms with van der Waals surface area (Å²) in [5, 5.41) is 7.46. The third-order valence-corrected chi connectivity index (χ3v) is 5.19. The number of halogens is 3. The van der Waals surface area contributed by atoms with E-state index in [1.165, 1.54) is 0 Å². The van der Waals surface area contributed by atoms with Gasteiger partial charge in [0.05, 0.1) is 17.0 Å². The van der Waals surface area contributed by atoms with E-state index in [0.717, 1.165) is 23.4 Å². The molecule has 144 valence electrons. The Morgan fingerprint density at radius 2 is 1.89 bits per heavy atom. The molecule has 1 amide bonds. The first-order chi connectivity index (χ1) is 12.6. The molecule has 3 N–H and O–H groups in total. The van der Waals surface area contributed by atoms with Gasteiger partial charge in [-0.05, 0) is 36.2 Å². The summed E-state index contributed by atoms with van der Waals surface area (Å²) < 4.78 is 62.2. The van der Waals surface area contributed by atoms with Gasteiger partial charge in [0, 0.05) is 17.9 Å². The third-order valence-electron chi connectivity index (χ3n) is 4.22. The largest absolute Gasteiger partial charge is 0.417 e. The van der Waals surface area contributed by atoms with Gasteiger partial charge in [-0.2, -0.15) is 13.2 Å². The van der Waals surface area contributed by atoms with Gasteiger partial charge in [0.2, 0.25) is 15.9 Å². The summed E-state index contributed by atoms with van der Waals surface area (Å²) in [7, 11) is -4.53. The van der Waals surface area contributed by atoms with Gasteiger partial charge < -0.3 is 10.2 Å². The highest BCUT2D eigenvalue weighted by molar-refractivity contribution is 7.89. The number of amides is 1. The van der Waals surface area contributed by atoms with Gasteiger partial charge in [0.15, 0.2) is 0 Å². The topological polar surface area (TPSA) is 92.5 Å². The Bertz CT molecular complexity index is 990. The molecule has 0 bridgehead atoms. The molecule has 2 aromatic rings. The smallest absolute Gasteiger partial charge is 0.376 e. The predicted molar refractivity (Wildman–Crippen MR) is 93.8 cm³/mol. The number of nitrogens with zero attached hydrogens (tertiary/aromatic N) is 1. The molecule has 0 aliphatic carbocycles. The molecule has 0 unspecified atom stereocenters. The molecule has 3 rings (SSSR count). The number of carbonyl (C=O) groups is 1. The molecular formula is C17H16F3N3O3S. The number of anilines is 2.